The van der Waals surface area contributed by atoms with Crippen molar-refractivity contribution >= 4 is 50.0 Å². The summed E-state index contributed by atoms with van der Waals surface area (Å²) in [6, 6.07) is 12.5. The summed E-state index contributed by atoms with van der Waals surface area (Å²) in [5.74, 6) is 1.03. The molecule has 164 valence electrons. The maximum atomic E-state index is 12.3. The lowest BCUT2D eigenvalue weighted by Gasteiger charge is -2.26. The number of aliphatic imine (C=N–C) groups is 1. The summed E-state index contributed by atoms with van der Waals surface area (Å²) >= 11 is 7.65. The molecule has 0 saturated carbocycles. The van der Waals surface area contributed by atoms with Crippen LogP contribution in [0.5, 0.6) is 11.5 Å². The molecule has 0 aliphatic carbocycles. The van der Waals surface area contributed by atoms with Crippen molar-refractivity contribution in [1.29, 1.82) is 0 Å². The molecule has 6 nitrogen and oxygen atoms in total. The van der Waals surface area contributed by atoms with E-state index in [1.165, 1.54) is 11.8 Å². The van der Waals surface area contributed by atoms with Crippen LogP contribution in [0.25, 0.3) is 0 Å². The van der Waals surface area contributed by atoms with Gasteiger partial charge in [0.25, 0.3) is 0 Å². The van der Waals surface area contributed by atoms with E-state index in [4.69, 9.17) is 16.3 Å². The van der Waals surface area contributed by atoms with Crippen molar-refractivity contribution in [2.45, 2.75) is 38.0 Å². The van der Waals surface area contributed by atoms with Crippen molar-refractivity contribution in [2.24, 2.45) is 4.99 Å². The van der Waals surface area contributed by atoms with Gasteiger partial charge in [-0.25, -0.2) is 8.42 Å². The summed E-state index contributed by atoms with van der Waals surface area (Å²) in [5.41, 5.74) is 1.66. The van der Waals surface area contributed by atoms with Gasteiger partial charge in [-0.2, -0.15) is 4.99 Å². The van der Waals surface area contributed by atoms with Gasteiger partial charge in [-0.3, -0.25) is 4.79 Å². The van der Waals surface area contributed by atoms with Gasteiger partial charge in [-0.05, 0) is 49.2 Å². The van der Waals surface area contributed by atoms with E-state index in [2.05, 4.69) is 4.99 Å². The third-order valence-corrected chi connectivity index (χ3v) is 8.59. The number of carbonyl (C=O) groups excluding carboxylic acids is 1. The van der Waals surface area contributed by atoms with Gasteiger partial charge in [0.15, 0.2) is 20.8 Å². The van der Waals surface area contributed by atoms with Gasteiger partial charge >= 0.3 is 0 Å². The van der Waals surface area contributed by atoms with Gasteiger partial charge in [0.2, 0.25) is 5.91 Å². The van der Waals surface area contributed by atoms with E-state index in [0.29, 0.717) is 40.2 Å². The van der Waals surface area contributed by atoms with Crippen LogP contribution in [0, 0.1) is 6.92 Å². The molecule has 2 aliphatic rings. The standard InChI is InChI=1S/C22H23ClN2O4S2/c1-3-5-21(26)24-22-25(18-12-31(27,28)13-20(18)30-22)17-11-15(23)8-9-19(17)29-16-7-4-6-14(2)10-16/h4,6-11,18,20H,3,5,12-13H2,1-2H3/t18-,20-/m1/s1. The smallest absolute Gasteiger partial charge is 0.248 e. The van der Waals surface area contributed by atoms with E-state index >= 15 is 0 Å². The zero-order chi connectivity index (χ0) is 22.2. The summed E-state index contributed by atoms with van der Waals surface area (Å²) in [5, 5.41) is 0.795. The van der Waals surface area contributed by atoms with Crippen LogP contribution in [0.15, 0.2) is 47.5 Å². The first-order chi connectivity index (χ1) is 14.8. The average molecular weight is 479 g/mol. The number of halogens is 1. The predicted octanol–water partition coefficient (Wildman–Crippen LogP) is 4.84. The van der Waals surface area contributed by atoms with Gasteiger partial charge in [0, 0.05) is 16.7 Å². The number of amides is 1. The van der Waals surface area contributed by atoms with Gasteiger partial charge in [0.1, 0.15) is 5.75 Å². The Morgan fingerprint density at radius 1 is 1.26 bits per heavy atom. The van der Waals surface area contributed by atoms with Crippen LogP contribution < -0.4 is 9.64 Å². The zero-order valence-electron chi connectivity index (χ0n) is 17.2. The van der Waals surface area contributed by atoms with Crippen LogP contribution in [0.4, 0.5) is 5.69 Å². The number of hydrogen-bond acceptors (Lipinski definition) is 5. The molecule has 4 rings (SSSR count). The lowest BCUT2D eigenvalue weighted by atomic mass is 10.2. The molecule has 0 radical (unpaired) electrons. The Bertz CT molecular complexity index is 1150. The van der Waals surface area contributed by atoms with Gasteiger partial charge in [0.05, 0.1) is 23.2 Å². The molecule has 2 atom stereocenters. The highest BCUT2D eigenvalue weighted by Gasteiger charge is 2.50. The van der Waals surface area contributed by atoms with Crippen molar-refractivity contribution in [3.05, 3.63) is 53.1 Å². The number of aryl methyl sites for hydroxylation is 1. The molecule has 0 N–H and O–H groups in total. The number of nitrogens with zero attached hydrogens (tertiary/aromatic N) is 2. The van der Waals surface area contributed by atoms with Crippen molar-refractivity contribution in [3.63, 3.8) is 0 Å². The highest BCUT2D eigenvalue weighted by atomic mass is 35.5. The highest BCUT2D eigenvalue weighted by Crippen LogP contribution is 2.45. The molecule has 2 aliphatic heterocycles. The van der Waals surface area contributed by atoms with E-state index in [9.17, 15) is 13.2 Å². The Kier molecular flexibility index (Phi) is 6.32. The number of rotatable bonds is 5. The molecular weight excluding hydrogens is 456 g/mol. The molecule has 0 bridgehead atoms. The SMILES string of the molecule is CCCC(=O)N=C1S[C@@H]2CS(=O)(=O)C[C@H]2N1c1cc(Cl)ccc1Oc1cccc(C)c1. The number of thioether (sulfide) groups is 1. The second-order valence-corrected chi connectivity index (χ2v) is 11.5. The predicted molar refractivity (Wildman–Crippen MR) is 126 cm³/mol. The van der Waals surface area contributed by atoms with E-state index in [1.54, 1.807) is 18.2 Å². The number of carbonyl (C=O) groups is 1. The molecule has 31 heavy (non-hydrogen) atoms. The van der Waals surface area contributed by atoms with Crippen LogP contribution in [0.2, 0.25) is 5.02 Å². The third-order valence-electron chi connectivity index (χ3n) is 5.15. The molecule has 0 aromatic heterocycles. The van der Waals surface area contributed by atoms with Crippen molar-refractivity contribution in [3.8, 4) is 11.5 Å². The number of hydrogen-bond donors (Lipinski definition) is 0. The molecular formula is C22H23ClN2O4S2. The lowest BCUT2D eigenvalue weighted by molar-refractivity contribution is -0.117. The molecule has 1 amide bonds. The monoisotopic (exact) mass is 478 g/mol. The van der Waals surface area contributed by atoms with Gasteiger partial charge in [-0.1, -0.05) is 42.4 Å². The number of ether oxygens (including phenoxy) is 1. The molecule has 9 heteroatoms. The van der Waals surface area contributed by atoms with Crippen LogP contribution in [0.1, 0.15) is 25.3 Å². The quantitative estimate of drug-likeness (QED) is 0.611. The first-order valence-corrected chi connectivity index (χ1v) is 13.2. The minimum Gasteiger partial charge on any atom is -0.455 e. The van der Waals surface area contributed by atoms with E-state index in [0.717, 1.165) is 5.56 Å². The Morgan fingerprint density at radius 2 is 2.06 bits per heavy atom. The Morgan fingerprint density at radius 3 is 2.81 bits per heavy atom. The normalized spacial score (nSPS) is 23.2. The number of amidine groups is 1. The summed E-state index contributed by atoms with van der Waals surface area (Å²) in [6.07, 6.45) is 1.04. The molecule has 0 spiro atoms. The Labute approximate surface area is 191 Å². The minimum absolute atomic E-state index is 0.00204. The minimum atomic E-state index is -3.17. The fourth-order valence-electron chi connectivity index (χ4n) is 3.79. The number of sulfone groups is 1. The fourth-order valence-corrected chi connectivity index (χ4v) is 7.88. The summed E-state index contributed by atoms with van der Waals surface area (Å²) in [4.78, 5) is 18.4. The van der Waals surface area contributed by atoms with Gasteiger partial charge in [-0.15, -0.1) is 0 Å². The van der Waals surface area contributed by atoms with Crippen molar-refractivity contribution in [1.82, 2.24) is 0 Å². The molecule has 2 fully saturated rings. The van der Waals surface area contributed by atoms with Crippen LogP contribution >= 0.6 is 23.4 Å². The van der Waals surface area contributed by atoms with Crippen molar-refractivity contribution in [2.75, 3.05) is 16.4 Å². The molecule has 0 unspecified atom stereocenters. The average Bonchev–Trinajstić information content (AvgIpc) is 3.14. The van der Waals surface area contributed by atoms with Crippen LogP contribution in [0.3, 0.4) is 0 Å². The molecule has 2 aromatic carbocycles. The topological polar surface area (TPSA) is 76.0 Å². The number of fused-ring (bicyclic) bond motifs is 1. The second kappa shape index (κ2) is 8.84. The van der Waals surface area contributed by atoms with E-state index in [1.807, 2.05) is 43.0 Å². The zero-order valence-corrected chi connectivity index (χ0v) is 19.6. The first kappa shape index (κ1) is 22.2. The van der Waals surface area contributed by atoms with Crippen LogP contribution in [-0.2, 0) is 14.6 Å². The lowest BCUT2D eigenvalue weighted by Crippen LogP contribution is -2.38. The summed E-state index contributed by atoms with van der Waals surface area (Å²) < 4.78 is 30.8. The molecule has 2 heterocycles. The summed E-state index contributed by atoms with van der Waals surface area (Å²) in [6.45, 7) is 3.90. The maximum Gasteiger partial charge on any atom is 0.248 e. The van der Waals surface area contributed by atoms with E-state index < -0.39 is 9.84 Å². The maximum absolute atomic E-state index is 12.3. The van der Waals surface area contributed by atoms with Crippen LogP contribution in [-0.4, -0.2) is 42.3 Å². The summed E-state index contributed by atoms with van der Waals surface area (Å²) in [7, 11) is -3.17. The van der Waals surface area contributed by atoms with E-state index in [-0.39, 0.29) is 28.7 Å². The molecule has 2 aromatic rings. The third kappa shape index (κ3) is 4.91. The Hall–Kier alpha value is -2.03. The molecule has 2 saturated heterocycles. The van der Waals surface area contributed by atoms with Crippen molar-refractivity contribution < 1.29 is 17.9 Å². The number of anilines is 1. The second-order valence-electron chi connectivity index (χ2n) is 7.74. The van der Waals surface area contributed by atoms with Gasteiger partial charge < -0.3 is 9.64 Å². The number of benzene rings is 2. The largest absolute Gasteiger partial charge is 0.455 e. The fraction of sp³-hybridized carbons (Fsp3) is 0.364. The first-order valence-electron chi connectivity index (χ1n) is 10.1. The Balaban J connectivity index is 1.78. The highest BCUT2D eigenvalue weighted by molar-refractivity contribution is 8.16.